The van der Waals surface area contributed by atoms with E-state index in [9.17, 15) is 9.90 Å². The second-order valence-electron chi connectivity index (χ2n) is 8.98. The van der Waals surface area contributed by atoms with Crippen molar-refractivity contribution in [3.63, 3.8) is 0 Å². The van der Waals surface area contributed by atoms with Gasteiger partial charge in [0.25, 0.3) is 0 Å². The largest absolute Gasteiger partial charge is 0.460 e. The van der Waals surface area contributed by atoms with E-state index in [1.165, 1.54) is 25.7 Å². The van der Waals surface area contributed by atoms with Gasteiger partial charge in [-0.3, -0.25) is 0 Å². The third kappa shape index (κ3) is 3.01. The number of ether oxygens (including phenoxy) is 1. The van der Waals surface area contributed by atoms with Crippen molar-refractivity contribution in [2.45, 2.75) is 55.8 Å². The number of carbonyl (C=O) groups is 1. The highest BCUT2D eigenvalue weighted by Gasteiger charge is 2.56. The van der Waals surface area contributed by atoms with Gasteiger partial charge in [-0.2, -0.15) is 0 Å². The predicted octanol–water partition coefficient (Wildman–Crippen LogP) is 3.78. The van der Waals surface area contributed by atoms with Crippen LogP contribution in [0.3, 0.4) is 0 Å². The van der Waals surface area contributed by atoms with Crippen LogP contribution in [0.1, 0.15) is 49.7 Å². The molecule has 2 aromatic rings. The van der Waals surface area contributed by atoms with Gasteiger partial charge >= 0.3 is 5.97 Å². The maximum atomic E-state index is 13.4. The van der Waals surface area contributed by atoms with Crippen LogP contribution in [0.25, 0.3) is 0 Å². The number of hydrogen-bond acceptors (Lipinski definition) is 4. The highest BCUT2D eigenvalue weighted by atomic mass is 16.6. The Morgan fingerprint density at radius 3 is 2.00 bits per heavy atom. The summed E-state index contributed by atoms with van der Waals surface area (Å²) >= 11 is 0. The second kappa shape index (κ2) is 7.26. The van der Waals surface area contributed by atoms with Gasteiger partial charge in [0.1, 0.15) is 6.10 Å². The summed E-state index contributed by atoms with van der Waals surface area (Å²) in [6.45, 7) is 1.11. The molecule has 2 aliphatic carbocycles. The van der Waals surface area contributed by atoms with Crippen LogP contribution < -0.4 is 5.32 Å². The van der Waals surface area contributed by atoms with Crippen molar-refractivity contribution in [3.05, 3.63) is 71.8 Å². The van der Waals surface area contributed by atoms with Crippen LogP contribution >= 0.6 is 0 Å². The zero-order chi connectivity index (χ0) is 19.9. The van der Waals surface area contributed by atoms with E-state index in [2.05, 4.69) is 5.32 Å². The number of nitrogens with one attached hydrogen (secondary N) is 1. The van der Waals surface area contributed by atoms with E-state index in [0.717, 1.165) is 19.4 Å². The average molecular weight is 392 g/mol. The monoisotopic (exact) mass is 391 g/mol. The Morgan fingerprint density at radius 2 is 1.52 bits per heavy atom. The summed E-state index contributed by atoms with van der Waals surface area (Å²) < 4.78 is 6.03. The van der Waals surface area contributed by atoms with Gasteiger partial charge in [0.2, 0.25) is 5.60 Å². The Kier molecular flexibility index (Phi) is 4.72. The van der Waals surface area contributed by atoms with E-state index in [4.69, 9.17) is 4.74 Å². The van der Waals surface area contributed by atoms with Gasteiger partial charge < -0.3 is 15.2 Å². The van der Waals surface area contributed by atoms with Gasteiger partial charge in [-0.1, -0.05) is 60.7 Å². The van der Waals surface area contributed by atoms with Gasteiger partial charge in [-0.15, -0.1) is 0 Å². The molecule has 2 bridgehead atoms. The zero-order valence-corrected chi connectivity index (χ0v) is 16.7. The van der Waals surface area contributed by atoms with Crippen molar-refractivity contribution >= 4 is 5.97 Å². The smallest absolute Gasteiger partial charge is 0.347 e. The van der Waals surface area contributed by atoms with Crippen LogP contribution in [0.4, 0.5) is 0 Å². The summed E-state index contributed by atoms with van der Waals surface area (Å²) in [7, 11) is 0. The lowest BCUT2D eigenvalue weighted by Crippen LogP contribution is -2.54. The van der Waals surface area contributed by atoms with Crippen molar-refractivity contribution in [2.24, 2.45) is 11.8 Å². The number of carbonyl (C=O) groups excluding carboxylic acids is 1. The summed E-state index contributed by atoms with van der Waals surface area (Å²) in [6.07, 6.45) is 6.61. The molecule has 2 atom stereocenters. The first-order valence-corrected chi connectivity index (χ1v) is 10.9. The molecule has 4 nitrogen and oxygen atoms in total. The van der Waals surface area contributed by atoms with Crippen LogP contribution in [-0.4, -0.2) is 29.3 Å². The molecule has 0 radical (unpaired) electrons. The van der Waals surface area contributed by atoms with E-state index < -0.39 is 11.6 Å². The van der Waals surface area contributed by atoms with Crippen LogP contribution in [0.5, 0.6) is 0 Å². The van der Waals surface area contributed by atoms with Crippen LogP contribution in [0.2, 0.25) is 0 Å². The molecule has 3 aliphatic rings. The standard InChI is InChI=1S/C25H29NO3/c27-23(25(28,18-8-3-1-4-9-18)19-10-5-2-6-11-19)29-22-16-20-12-13-21(17-22)24(20)14-7-15-26-24/h1-6,8-11,20-22,26,28H,7,12-17H2. The molecule has 3 fully saturated rings. The van der Waals surface area contributed by atoms with Crippen LogP contribution in [0.15, 0.2) is 60.7 Å². The van der Waals surface area contributed by atoms with Crippen LogP contribution in [-0.2, 0) is 15.1 Å². The normalized spacial score (nSPS) is 31.1. The first-order valence-electron chi connectivity index (χ1n) is 10.9. The molecule has 1 saturated heterocycles. The second-order valence-corrected chi connectivity index (χ2v) is 8.98. The molecule has 2 N–H and O–H groups in total. The van der Waals surface area contributed by atoms with Crippen LogP contribution in [0, 0.1) is 11.8 Å². The summed E-state index contributed by atoms with van der Waals surface area (Å²) in [5.41, 5.74) is -0.423. The lowest BCUT2D eigenvalue weighted by atomic mass is 9.70. The third-order valence-electron chi connectivity index (χ3n) is 7.59. The molecule has 0 amide bonds. The molecule has 1 heterocycles. The number of benzene rings is 2. The Bertz CT molecular complexity index is 805. The summed E-state index contributed by atoms with van der Waals surface area (Å²) in [5, 5.41) is 15.4. The minimum absolute atomic E-state index is 0.119. The van der Waals surface area contributed by atoms with Gasteiger partial charge in [-0.05, 0) is 68.0 Å². The molecular weight excluding hydrogens is 362 g/mol. The number of aliphatic hydroxyl groups is 1. The molecule has 1 spiro atoms. The van der Waals surface area contributed by atoms with Gasteiger partial charge in [0.15, 0.2) is 0 Å². The number of rotatable bonds is 4. The Balaban J connectivity index is 1.40. The molecule has 2 aromatic carbocycles. The molecule has 1 aliphatic heterocycles. The van der Waals surface area contributed by atoms with E-state index in [-0.39, 0.29) is 11.6 Å². The fourth-order valence-corrected chi connectivity index (χ4v) is 6.22. The SMILES string of the molecule is O=C(OC1CC2CCC(C1)C21CCCN1)C(O)(c1ccccc1)c1ccccc1. The fourth-order valence-electron chi connectivity index (χ4n) is 6.22. The minimum atomic E-state index is -1.79. The lowest BCUT2D eigenvalue weighted by molar-refractivity contribution is -0.171. The number of esters is 1. The third-order valence-corrected chi connectivity index (χ3v) is 7.59. The van der Waals surface area contributed by atoms with Gasteiger partial charge in [-0.25, -0.2) is 4.79 Å². The van der Waals surface area contributed by atoms with E-state index in [0.29, 0.717) is 23.0 Å². The fraction of sp³-hybridized carbons (Fsp3) is 0.480. The van der Waals surface area contributed by atoms with Gasteiger partial charge in [0.05, 0.1) is 0 Å². The molecule has 5 rings (SSSR count). The molecule has 29 heavy (non-hydrogen) atoms. The summed E-state index contributed by atoms with van der Waals surface area (Å²) in [4.78, 5) is 13.4. The van der Waals surface area contributed by atoms with E-state index >= 15 is 0 Å². The maximum absolute atomic E-state index is 13.4. The molecule has 2 saturated carbocycles. The summed E-state index contributed by atoms with van der Waals surface area (Å²) in [6, 6.07) is 18.3. The molecule has 0 aromatic heterocycles. The topological polar surface area (TPSA) is 58.6 Å². The lowest BCUT2D eigenvalue weighted by Gasteiger charge is -2.44. The van der Waals surface area contributed by atoms with E-state index in [1.54, 1.807) is 24.3 Å². The highest BCUT2D eigenvalue weighted by Crippen LogP contribution is 2.54. The average Bonchev–Trinajstić information content (AvgIpc) is 3.31. The number of hydrogen-bond donors (Lipinski definition) is 2. The molecular formula is C25H29NO3. The molecule has 4 heteroatoms. The first kappa shape index (κ1) is 18.8. The van der Waals surface area contributed by atoms with Crippen molar-refractivity contribution in [2.75, 3.05) is 6.54 Å². The highest BCUT2D eigenvalue weighted by molar-refractivity contribution is 5.85. The predicted molar refractivity (Wildman–Crippen MR) is 111 cm³/mol. The zero-order valence-electron chi connectivity index (χ0n) is 16.7. The van der Waals surface area contributed by atoms with Crippen molar-refractivity contribution in [1.82, 2.24) is 5.32 Å². The van der Waals surface area contributed by atoms with Crippen molar-refractivity contribution < 1.29 is 14.6 Å². The first-order chi connectivity index (χ1) is 14.1. The quantitative estimate of drug-likeness (QED) is 0.779. The van der Waals surface area contributed by atoms with E-state index in [1.807, 2.05) is 36.4 Å². The van der Waals surface area contributed by atoms with Crippen molar-refractivity contribution in [1.29, 1.82) is 0 Å². The Hall–Kier alpha value is -2.17. The Morgan fingerprint density at radius 1 is 0.966 bits per heavy atom. The summed E-state index contributed by atoms with van der Waals surface area (Å²) in [5.74, 6) is 0.584. The van der Waals surface area contributed by atoms with Crippen molar-refractivity contribution in [3.8, 4) is 0 Å². The maximum Gasteiger partial charge on any atom is 0.347 e. The molecule has 152 valence electrons. The van der Waals surface area contributed by atoms with Gasteiger partial charge in [0, 0.05) is 5.54 Å². The minimum Gasteiger partial charge on any atom is -0.460 e. The Labute approximate surface area is 172 Å². The molecule has 2 unspecified atom stereocenters.